The molecule has 0 saturated carbocycles. The van der Waals surface area contributed by atoms with Crippen molar-refractivity contribution in [3.05, 3.63) is 70.4 Å². The van der Waals surface area contributed by atoms with E-state index in [2.05, 4.69) is 10.6 Å². The van der Waals surface area contributed by atoms with Crippen molar-refractivity contribution in [1.82, 2.24) is 10.2 Å². The van der Waals surface area contributed by atoms with E-state index in [9.17, 15) is 14.4 Å². The van der Waals surface area contributed by atoms with Crippen LogP contribution in [0.2, 0.25) is 5.02 Å². The van der Waals surface area contributed by atoms with Crippen molar-refractivity contribution in [3.8, 4) is 0 Å². The molecule has 4 amide bonds. The summed E-state index contributed by atoms with van der Waals surface area (Å²) < 4.78 is 0. The number of urea groups is 1. The average molecular weight is 370 g/mol. The lowest BCUT2D eigenvalue weighted by Crippen LogP contribution is -2.38. The Labute approximate surface area is 155 Å². The van der Waals surface area contributed by atoms with Gasteiger partial charge in [-0.05, 0) is 48.4 Å². The second-order valence-electron chi connectivity index (χ2n) is 5.85. The number of amides is 4. The minimum absolute atomic E-state index is 0.112. The maximum Gasteiger partial charge on any atom is 0.329 e. The molecule has 1 fully saturated rings. The molecular formula is C19H16ClN3O3. The molecule has 6 nitrogen and oxygen atoms in total. The number of halogens is 1. The highest BCUT2D eigenvalue weighted by Crippen LogP contribution is 2.16. The van der Waals surface area contributed by atoms with E-state index in [1.54, 1.807) is 36.4 Å². The summed E-state index contributed by atoms with van der Waals surface area (Å²) in [5, 5.41) is 5.73. The molecule has 26 heavy (non-hydrogen) atoms. The van der Waals surface area contributed by atoms with E-state index in [0.29, 0.717) is 16.3 Å². The van der Waals surface area contributed by atoms with Gasteiger partial charge in [-0.3, -0.25) is 9.59 Å². The first kappa shape index (κ1) is 17.7. The second-order valence-corrected chi connectivity index (χ2v) is 6.29. The number of rotatable bonds is 4. The van der Waals surface area contributed by atoms with E-state index >= 15 is 0 Å². The van der Waals surface area contributed by atoms with Crippen molar-refractivity contribution in [2.45, 2.75) is 6.92 Å². The van der Waals surface area contributed by atoms with E-state index < -0.39 is 17.8 Å². The van der Waals surface area contributed by atoms with Crippen molar-refractivity contribution >= 4 is 41.2 Å². The molecular weight excluding hydrogens is 354 g/mol. The number of anilines is 1. The monoisotopic (exact) mass is 369 g/mol. The van der Waals surface area contributed by atoms with Crippen LogP contribution in [0.1, 0.15) is 11.1 Å². The first-order valence-corrected chi connectivity index (χ1v) is 8.27. The van der Waals surface area contributed by atoms with Crippen LogP contribution < -0.4 is 10.6 Å². The molecule has 1 aliphatic rings. The number of hydrogen-bond donors (Lipinski definition) is 2. The van der Waals surface area contributed by atoms with Gasteiger partial charge in [0.2, 0.25) is 5.91 Å². The maximum atomic E-state index is 12.4. The lowest BCUT2D eigenvalue weighted by Gasteiger charge is -2.12. The average Bonchev–Trinajstić information content (AvgIpc) is 2.84. The van der Waals surface area contributed by atoms with Gasteiger partial charge in [0.15, 0.2) is 0 Å². The van der Waals surface area contributed by atoms with Crippen molar-refractivity contribution in [1.29, 1.82) is 0 Å². The molecule has 7 heteroatoms. The largest absolute Gasteiger partial charge is 0.329 e. The number of nitrogens with one attached hydrogen (secondary N) is 2. The van der Waals surface area contributed by atoms with Crippen LogP contribution >= 0.6 is 11.6 Å². The van der Waals surface area contributed by atoms with Crippen molar-refractivity contribution < 1.29 is 14.4 Å². The van der Waals surface area contributed by atoms with Gasteiger partial charge in [0.1, 0.15) is 12.2 Å². The van der Waals surface area contributed by atoms with Crippen LogP contribution in [0.3, 0.4) is 0 Å². The van der Waals surface area contributed by atoms with E-state index in [4.69, 9.17) is 11.6 Å². The number of hydrogen-bond acceptors (Lipinski definition) is 3. The molecule has 3 rings (SSSR count). The zero-order valence-electron chi connectivity index (χ0n) is 14.0. The topological polar surface area (TPSA) is 78.5 Å². The fourth-order valence-electron chi connectivity index (χ4n) is 2.51. The minimum Gasteiger partial charge on any atom is -0.325 e. The predicted octanol–water partition coefficient (Wildman–Crippen LogP) is 3.18. The summed E-state index contributed by atoms with van der Waals surface area (Å²) in [5.74, 6) is -1.00. The third kappa shape index (κ3) is 4.10. The Morgan fingerprint density at radius 1 is 1.19 bits per heavy atom. The lowest BCUT2D eigenvalue weighted by atomic mass is 10.2. The van der Waals surface area contributed by atoms with Gasteiger partial charge in [0.05, 0.1) is 0 Å². The fourth-order valence-corrected chi connectivity index (χ4v) is 2.63. The Kier molecular flexibility index (Phi) is 5.04. The van der Waals surface area contributed by atoms with Crippen LogP contribution in [0, 0.1) is 6.92 Å². The van der Waals surface area contributed by atoms with Crippen LogP contribution in [0.4, 0.5) is 10.5 Å². The highest BCUT2D eigenvalue weighted by molar-refractivity contribution is 6.30. The van der Waals surface area contributed by atoms with Crippen LogP contribution in [-0.4, -0.2) is 29.3 Å². The molecule has 0 spiro atoms. The molecule has 1 heterocycles. The molecule has 0 aliphatic carbocycles. The zero-order chi connectivity index (χ0) is 18.7. The summed E-state index contributed by atoms with van der Waals surface area (Å²) in [5.41, 5.74) is 2.43. The van der Waals surface area contributed by atoms with Crippen molar-refractivity contribution in [3.63, 3.8) is 0 Å². The Morgan fingerprint density at radius 3 is 2.62 bits per heavy atom. The third-order valence-electron chi connectivity index (χ3n) is 3.75. The fraction of sp³-hybridized carbons (Fsp3) is 0.105. The summed E-state index contributed by atoms with van der Waals surface area (Å²) in [6.45, 7) is 1.54. The number of imide groups is 1. The van der Waals surface area contributed by atoms with Gasteiger partial charge in [-0.2, -0.15) is 0 Å². The van der Waals surface area contributed by atoms with Gasteiger partial charge in [-0.25, -0.2) is 9.69 Å². The lowest BCUT2D eigenvalue weighted by molar-refractivity contribution is -0.127. The van der Waals surface area contributed by atoms with E-state index in [0.717, 1.165) is 10.5 Å². The highest BCUT2D eigenvalue weighted by Gasteiger charge is 2.34. The number of benzene rings is 2. The summed E-state index contributed by atoms with van der Waals surface area (Å²) >= 11 is 5.83. The number of carbonyl (C=O) groups is 3. The number of nitrogens with zero attached hydrogens (tertiary/aromatic N) is 1. The molecule has 1 saturated heterocycles. The Balaban J connectivity index is 1.69. The Hall–Kier alpha value is -3.12. The summed E-state index contributed by atoms with van der Waals surface area (Å²) in [4.78, 5) is 37.5. The molecule has 0 atom stereocenters. The van der Waals surface area contributed by atoms with E-state index in [1.165, 1.54) is 6.08 Å². The quantitative estimate of drug-likeness (QED) is 0.641. The van der Waals surface area contributed by atoms with E-state index in [-0.39, 0.29) is 12.2 Å². The molecule has 132 valence electrons. The molecule has 0 aromatic heterocycles. The Bertz CT molecular complexity index is 907. The van der Waals surface area contributed by atoms with Gasteiger partial charge < -0.3 is 10.6 Å². The molecule has 1 aliphatic heterocycles. The molecule has 0 unspecified atom stereocenters. The number of aryl methyl sites for hydroxylation is 1. The van der Waals surface area contributed by atoms with Gasteiger partial charge in [0.25, 0.3) is 5.91 Å². The SMILES string of the molecule is Cc1cccc(NC(=O)CN2C(=O)N/C(=C/c3ccc(Cl)cc3)C2=O)c1. The normalized spacial score (nSPS) is 15.3. The Morgan fingerprint density at radius 2 is 1.92 bits per heavy atom. The second kappa shape index (κ2) is 7.41. The maximum absolute atomic E-state index is 12.4. The minimum atomic E-state index is -0.630. The van der Waals surface area contributed by atoms with Crippen LogP contribution in [-0.2, 0) is 9.59 Å². The van der Waals surface area contributed by atoms with Gasteiger partial charge >= 0.3 is 6.03 Å². The summed E-state index contributed by atoms with van der Waals surface area (Å²) in [6.07, 6.45) is 1.54. The van der Waals surface area contributed by atoms with E-state index in [1.807, 2.05) is 19.1 Å². The van der Waals surface area contributed by atoms with Crippen molar-refractivity contribution in [2.24, 2.45) is 0 Å². The number of carbonyl (C=O) groups excluding carboxylic acids is 3. The predicted molar refractivity (Wildman–Crippen MR) is 99.5 cm³/mol. The first-order chi connectivity index (χ1) is 12.4. The van der Waals surface area contributed by atoms with Gasteiger partial charge in [-0.1, -0.05) is 35.9 Å². The molecule has 0 bridgehead atoms. The van der Waals surface area contributed by atoms with Gasteiger partial charge in [-0.15, -0.1) is 0 Å². The standard InChI is InChI=1S/C19H16ClN3O3/c1-12-3-2-4-15(9-12)21-17(24)11-23-18(25)16(22-19(23)26)10-13-5-7-14(20)8-6-13/h2-10H,11H2,1H3,(H,21,24)(H,22,26)/b16-10+. The first-order valence-electron chi connectivity index (χ1n) is 7.89. The smallest absolute Gasteiger partial charge is 0.325 e. The third-order valence-corrected chi connectivity index (χ3v) is 4.00. The molecule has 0 radical (unpaired) electrons. The van der Waals surface area contributed by atoms with Crippen LogP contribution in [0.5, 0.6) is 0 Å². The summed E-state index contributed by atoms with van der Waals surface area (Å²) in [6, 6.07) is 13.4. The van der Waals surface area contributed by atoms with Crippen LogP contribution in [0.25, 0.3) is 6.08 Å². The zero-order valence-corrected chi connectivity index (χ0v) is 14.7. The highest BCUT2D eigenvalue weighted by atomic mass is 35.5. The van der Waals surface area contributed by atoms with Crippen LogP contribution in [0.15, 0.2) is 54.2 Å². The van der Waals surface area contributed by atoms with Crippen molar-refractivity contribution in [2.75, 3.05) is 11.9 Å². The molecule has 2 N–H and O–H groups in total. The van der Waals surface area contributed by atoms with Gasteiger partial charge in [0, 0.05) is 10.7 Å². The molecule has 2 aromatic carbocycles. The summed E-state index contributed by atoms with van der Waals surface area (Å²) in [7, 11) is 0. The molecule has 2 aromatic rings.